The topological polar surface area (TPSA) is 72.0 Å². The van der Waals surface area contributed by atoms with E-state index in [-0.39, 0.29) is 23.3 Å². The van der Waals surface area contributed by atoms with Crippen LogP contribution in [0, 0.1) is 12.3 Å². The average molecular weight is 255 g/mol. The van der Waals surface area contributed by atoms with Gasteiger partial charge in [-0.15, -0.1) is 0 Å². The molecule has 96 valence electrons. The molecule has 0 aromatic carbocycles. The number of aliphatic hydroxyl groups excluding tert-OH is 1. The molecule has 4 nitrogen and oxygen atoms in total. The van der Waals surface area contributed by atoms with Gasteiger partial charge in [-0.2, -0.15) is 0 Å². The first-order valence-corrected chi connectivity index (χ1v) is 6.54. The number of hydrogen-bond donors (Lipinski definition) is 2. The van der Waals surface area contributed by atoms with Crippen molar-refractivity contribution in [3.8, 4) is 0 Å². The molecule has 1 aromatic heterocycles. The van der Waals surface area contributed by atoms with Gasteiger partial charge in [0.25, 0.3) is 0 Å². The molecule has 5 heteroatoms. The Balaban J connectivity index is 2.73. The second kappa shape index (κ2) is 5.80. The maximum absolute atomic E-state index is 9.42. The number of rotatable bonds is 4. The van der Waals surface area contributed by atoms with Gasteiger partial charge in [0.15, 0.2) is 5.16 Å². The van der Waals surface area contributed by atoms with E-state index in [9.17, 15) is 5.11 Å². The van der Waals surface area contributed by atoms with Crippen LogP contribution >= 0.6 is 11.8 Å². The summed E-state index contributed by atoms with van der Waals surface area (Å²) >= 11 is 1.44. The summed E-state index contributed by atoms with van der Waals surface area (Å²) in [5.41, 5.74) is 7.12. The van der Waals surface area contributed by atoms with Crippen LogP contribution in [-0.4, -0.2) is 33.0 Å². The van der Waals surface area contributed by atoms with Crippen molar-refractivity contribution in [2.75, 3.05) is 6.61 Å². The molecule has 17 heavy (non-hydrogen) atoms. The van der Waals surface area contributed by atoms with E-state index >= 15 is 0 Å². The number of aryl methyl sites for hydroxylation is 1. The van der Waals surface area contributed by atoms with Gasteiger partial charge in [0.1, 0.15) is 0 Å². The van der Waals surface area contributed by atoms with Gasteiger partial charge in [0, 0.05) is 18.4 Å². The van der Waals surface area contributed by atoms with E-state index in [0.29, 0.717) is 5.16 Å². The van der Waals surface area contributed by atoms with Crippen LogP contribution in [0.5, 0.6) is 0 Å². The lowest BCUT2D eigenvalue weighted by molar-refractivity contribution is 0.233. The van der Waals surface area contributed by atoms with Crippen LogP contribution in [0.15, 0.2) is 17.6 Å². The number of aromatic nitrogens is 2. The fraction of sp³-hybridized carbons (Fsp3) is 0.667. The molecule has 1 rings (SSSR count). The summed E-state index contributed by atoms with van der Waals surface area (Å²) in [4.78, 5) is 8.43. The monoisotopic (exact) mass is 255 g/mol. The fourth-order valence-corrected chi connectivity index (χ4v) is 2.49. The third-order valence-corrected chi connectivity index (χ3v) is 3.76. The van der Waals surface area contributed by atoms with Crippen molar-refractivity contribution in [3.05, 3.63) is 18.0 Å². The summed E-state index contributed by atoms with van der Waals surface area (Å²) in [5, 5.41) is 10.00. The molecular weight excluding hydrogens is 234 g/mol. The minimum absolute atomic E-state index is 0.0281. The van der Waals surface area contributed by atoms with Crippen LogP contribution in [0.1, 0.15) is 26.3 Å². The number of nitrogens with zero attached hydrogens (tertiary/aromatic N) is 2. The number of hydrogen-bond acceptors (Lipinski definition) is 5. The lowest BCUT2D eigenvalue weighted by Crippen LogP contribution is -2.45. The highest BCUT2D eigenvalue weighted by Gasteiger charge is 2.29. The molecular formula is C12H21N3OS. The molecule has 0 spiro atoms. The lowest BCUT2D eigenvalue weighted by Gasteiger charge is -2.32. The standard InChI is InChI=1S/C12H21N3OS/c1-8-5-14-11(15-6-8)17-9(7-16)10(13)12(2,3)4/h5-6,9-10,16H,7,13H2,1-4H3. The zero-order chi connectivity index (χ0) is 13.1. The Bertz CT molecular complexity index is 348. The van der Waals surface area contributed by atoms with E-state index in [2.05, 4.69) is 30.7 Å². The molecule has 0 radical (unpaired) electrons. The third-order valence-electron chi connectivity index (χ3n) is 2.59. The van der Waals surface area contributed by atoms with Gasteiger partial charge in [-0.05, 0) is 17.9 Å². The van der Waals surface area contributed by atoms with Crippen LogP contribution in [0.25, 0.3) is 0 Å². The quantitative estimate of drug-likeness (QED) is 0.632. The maximum atomic E-state index is 9.42. The van der Waals surface area contributed by atoms with Crippen LogP contribution in [-0.2, 0) is 0 Å². The Morgan fingerprint density at radius 3 is 2.29 bits per heavy atom. The van der Waals surface area contributed by atoms with E-state index in [1.165, 1.54) is 11.8 Å². The summed E-state index contributed by atoms with van der Waals surface area (Å²) in [7, 11) is 0. The summed E-state index contributed by atoms with van der Waals surface area (Å²) in [6.07, 6.45) is 3.54. The highest BCUT2D eigenvalue weighted by molar-refractivity contribution is 7.99. The van der Waals surface area contributed by atoms with Crippen molar-refractivity contribution < 1.29 is 5.11 Å². The first kappa shape index (κ1) is 14.4. The van der Waals surface area contributed by atoms with E-state index in [0.717, 1.165) is 5.56 Å². The van der Waals surface area contributed by atoms with Crippen LogP contribution in [0.2, 0.25) is 0 Å². The van der Waals surface area contributed by atoms with Gasteiger partial charge < -0.3 is 10.8 Å². The molecule has 1 heterocycles. The highest BCUT2D eigenvalue weighted by atomic mass is 32.2. The first-order chi connectivity index (χ1) is 7.84. The molecule has 0 amide bonds. The van der Waals surface area contributed by atoms with Gasteiger partial charge in [0.2, 0.25) is 0 Å². The maximum Gasteiger partial charge on any atom is 0.187 e. The highest BCUT2D eigenvalue weighted by Crippen LogP contribution is 2.29. The second-order valence-corrected chi connectivity index (χ2v) is 6.48. The molecule has 1 aromatic rings. The van der Waals surface area contributed by atoms with Crippen LogP contribution in [0.4, 0.5) is 0 Å². The summed E-state index contributed by atoms with van der Waals surface area (Å²) < 4.78 is 0. The summed E-state index contributed by atoms with van der Waals surface area (Å²) in [5.74, 6) is 0. The number of aliphatic hydroxyl groups is 1. The Labute approximate surface area is 107 Å². The molecule has 0 saturated heterocycles. The van der Waals surface area contributed by atoms with E-state index in [1.54, 1.807) is 12.4 Å². The van der Waals surface area contributed by atoms with Crippen LogP contribution in [0.3, 0.4) is 0 Å². The predicted octanol–water partition coefficient (Wildman–Crippen LogP) is 1.61. The average Bonchev–Trinajstić information content (AvgIpc) is 2.26. The van der Waals surface area contributed by atoms with Crippen molar-refractivity contribution in [1.29, 1.82) is 0 Å². The molecule has 3 N–H and O–H groups in total. The zero-order valence-corrected chi connectivity index (χ0v) is 11.7. The Hall–Kier alpha value is -0.650. The largest absolute Gasteiger partial charge is 0.395 e. The third kappa shape index (κ3) is 4.26. The van der Waals surface area contributed by atoms with Crippen molar-refractivity contribution in [2.45, 2.75) is 44.1 Å². The van der Waals surface area contributed by atoms with E-state index in [1.807, 2.05) is 6.92 Å². The zero-order valence-electron chi connectivity index (χ0n) is 10.8. The van der Waals surface area contributed by atoms with Gasteiger partial charge in [-0.3, -0.25) is 0 Å². The van der Waals surface area contributed by atoms with Crippen molar-refractivity contribution in [1.82, 2.24) is 9.97 Å². The van der Waals surface area contributed by atoms with Crippen molar-refractivity contribution in [3.63, 3.8) is 0 Å². The summed E-state index contributed by atoms with van der Waals surface area (Å²) in [6.45, 7) is 8.17. The molecule has 0 saturated carbocycles. The van der Waals surface area contributed by atoms with Crippen molar-refractivity contribution >= 4 is 11.8 Å². The SMILES string of the molecule is Cc1cnc(SC(CO)C(N)C(C)(C)C)nc1. The Morgan fingerprint density at radius 1 is 1.35 bits per heavy atom. The molecule has 2 unspecified atom stereocenters. The minimum Gasteiger partial charge on any atom is -0.395 e. The smallest absolute Gasteiger partial charge is 0.187 e. The van der Waals surface area contributed by atoms with Gasteiger partial charge in [0.05, 0.1) is 11.9 Å². The predicted molar refractivity (Wildman–Crippen MR) is 70.9 cm³/mol. The molecule has 0 aliphatic rings. The van der Waals surface area contributed by atoms with Gasteiger partial charge in [-0.1, -0.05) is 32.5 Å². The summed E-state index contributed by atoms with van der Waals surface area (Å²) in [6, 6.07) is -0.109. The van der Waals surface area contributed by atoms with Gasteiger partial charge in [-0.25, -0.2) is 9.97 Å². The molecule has 0 bridgehead atoms. The number of nitrogens with two attached hydrogens (primary N) is 1. The lowest BCUT2D eigenvalue weighted by atomic mass is 9.85. The fourth-order valence-electron chi connectivity index (χ4n) is 1.36. The normalized spacial score (nSPS) is 15.6. The molecule has 2 atom stereocenters. The second-order valence-electron chi connectivity index (χ2n) is 5.27. The van der Waals surface area contributed by atoms with Crippen molar-refractivity contribution in [2.24, 2.45) is 11.1 Å². The molecule has 0 fully saturated rings. The van der Waals surface area contributed by atoms with Gasteiger partial charge >= 0.3 is 0 Å². The molecule has 0 aliphatic heterocycles. The Kier molecular flexibility index (Phi) is 4.91. The Morgan fingerprint density at radius 2 is 1.88 bits per heavy atom. The van der Waals surface area contributed by atoms with E-state index < -0.39 is 0 Å². The molecule has 0 aliphatic carbocycles. The first-order valence-electron chi connectivity index (χ1n) is 5.66. The minimum atomic E-state index is -0.109. The van der Waals surface area contributed by atoms with E-state index in [4.69, 9.17) is 5.73 Å². The van der Waals surface area contributed by atoms with Crippen LogP contribution < -0.4 is 5.73 Å². The number of thioether (sulfide) groups is 1.